The van der Waals surface area contributed by atoms with Crippen LogP contribution in [0.4, 0.5) is 0 Å². The van der Waals surface area contributed by atoms with Crippen molar-refractivity contribution >= 4 is 14.1 Å². The lowest BCUT2D eigenvalue weighted by atomic mass is 9.77. The minimum absolute atomic E-state index is 0.0322. The first-order chi connectivity index (χ1) is 8.45. The standard InChI is InChI=1S/C16H30O2Si/c1-11(2)13-9-14(17)12(3)15(10-13)18-19(7,8)16(4,5)6/h12-13,15H,1,9-10H2,2-8H3/t12-,13+,15-/m0/s1. The van der Waals surface area contributed by atoms with Crippen LogP contribution in [0, 0.1) is 11.8 Å². The van der Waals surface area contributed by atoms with E-state index in [4.69, 9.17) is 4.43 Å². The molecule has 1 rings (SSSR count). The van der Waals surface area contributed by atoms with Crippen LogP contribution in [0.1, 0.15) is 47.5 Å². The van der Waals surface area contributed by atoms with E-state index in [1.54, 1.807) is 0 Å². The van der Waals surface area contributed by atoms with Crippen LogP contribution in [0.2, 0.25) is 18.1 Å². The van der Waals surface area contributed by atoms with Gasteiger partial charge >= 0.3 is 0 Å². The second-order valence-electron chi connectivity index (χ2n) is 7.65. The van der Waals surface area contributed by atoms with E-state index < -0.39 is 8.32 Å². The van der Waals surface area contributed by atoms with Crippen LogP contribution in [-0.4, -0.2) is 20.2 Å². The molecule has 19 heavy (non-hydrogen) atoms. The van der Waals surface area contributed by atoms with Gasteiger partial charge in [-0.15, -0.1) is 0 Å². The Kier molecular flexibility index (Phi) is 4.84. The topological polar surface area (TPSA) is 26.3 Å². The molecule has 1 fully saturated rings. The van der Waals surface area contributed by atoms with E-state index in [1.165, 1.54) is 0 Å². The Bertz CT molecular complexity index is 365. The van der Waals surface area contributed by atoms with E-state index in [1.807, 2.05) is 13.8 Å². The Morgan fingerprint density at radius 1 is 1.37 bits per heavy atom. The van der Waals surface area contributed by atoms with Crippen LogP contribution in [0.5, 0.6) is 0 Å². The van der Waals surface area contributed by atoms with Gasteiger partial charge in [-0.3, -0.25) is 4.79 Å². The van der Waals surface area contributed by atoms with Crippen molar-refractivity contribution in [3.05, 3.63) is 12.2 Å². The van der Waals surface area contributed by atoms with Crippen molar-refractivity contribution in [2.45, 2.75) is 71.7 Å². The molecule has 2 nitrogen and oxygen atoms in total. The smallest absolute Gasteiger partial charge is 0.192 e. The summed E-state index contributed by atoms with van der Waals surface area (Å²) >= 11 is 0. The largest absolute Gasteiger partial charge is 0.413 e. The van der Waals surface area contributed by atoms with Crippen LogP contribution in [-0.2, 0) is 9.22 Å². The average molecular weight is 282 g/mol. The molecule has 0 aliphatic heterocycles. The quantitative estimate of drug-likeness (QED) is 0.560. The first kappa shape index (κ1) is 16.6. The van der Waals surface area contributed by atoms with E-state index in [9.17, 15) is 4.79 Å². The second-order valence-corrected chi connectivity index (χ2v) is 12.4. The first-order valence-corrected chi connectivity index (χ1v) is 10.2. The van der Waals surface area contributed by atoms with Gasteiger partial charge in [-0.2, -0.15) is 0 Å². The van der Waals surface area contributed by atoms with Crippen LogP contribution in [0.3, 0.4) is 0 Å². The molecule has 0 aromatic rings. The van der Waals surface area contributed by atoms with E-state index >= 15 is 0 Å². The van der Waals surface area contributed by atoms with E-state index in [0.717, 1.165) is 12.0 Å². The molecule has 1 saturated carbocycles. The molecule has 0 saturated heterocycles. The summed E-state index contributed by atoms with van der Waals surface area (Å²) in [6, 6.07) is 0. The molecule has 0 unspecified atom stereocenters. The summed E-state index contributed by atoms with van der Waals surface area (Å²) in [6.07, 6.45) is 1.67. The summed E-state index contributed by atoms with van der Waals surface area (Å²) in [5, 5.41) is 0.186. The van der Waals surface area contributed by atoms with Crippen molar-refractivity contribution in [2.75, 3.05) is 0 Å². The zero-order valence-electron chi connectivity index (χ0n) is 13.7. The van der Waals surface area contributed by atoms with Gasteiger partial charge in [-0.05, 0) is 37.4 Å². The summed E-state index contributed by atoms with van der Waals surface area (Å²) < 4.78 is 6.48. The number of hydrogen-bond acceptors (Lipinski definition) is 2. The number of Topliss-reactive ketones (excluding diaryl/α,β-unsaturated/α-hetero) is 1. The van der Waals surface area contributed by atoms with Gasteiger partial charge in [0.05, 0.1) is 6.10 Å². The summed E-state index contributed by atoms with van der Waals surface area (Å²) in [6.45, 7) is 19.3. The van der Waals surface area contributed by atoms with Crippen molar-refractivity contribution < 1.29 is 9.22 Å². The summed E-state index contributed by atoms with van der Waals surface area (Å²) in [5.41, 5.74) is 1.11. The highest BCUT2D eigenvalue weighted by Gasteiger charge is 2.43. The van der Waals surface area contributed by atoms with Gasteiger partial charge < -0.3 is 4.43 Å². The highest BCUT2D eigenvalue weighted by Crippen LogP contribution is 2.41. The molecule has 0 aromatic carbocycles. The van der Waals surface area contributed by atoms with Crippen LogP contribution in [0.15, 0.2) is 12.2 Å². The lowest BCUT2D eigenvalue weighted by Crippen LogP contribution is -2.48. The Balaban J connectivity index is 2.86. The zero-order valence-corrected chi connectivity index (χ0v) is 14.7. The van der Waals surface area contributed by atoms with E-state index in [0.29, 0.717) is 18.1 Å². The van der Waals surface area contributed by atoms with Gasteiger partial charge in [0.2, 0.25) is 0 Å². The Labute approximate surface area is 119 Å². The summed E-state index contributed by atoms with van der Waals surface area (Å²) in [4.78, 5) is 12.1. The highest BCUT2D eigenvalue weighted by atomic mass is 28.4. The fourth-order valence-electron chi connectivity index (χ4n) is 2.28. The van der Waals surface area contributed by atoms with Crippen LogP contribution < -0.4 is 0 Å². The molecule has 110 valence electrons. The van der Waals surface area contributed by atoms with E-state index in [-0.39, 0.29) is 17.1 Å². The SMILES string of the molecule is C=C(C)[C@@H]1CC(=O)[C@H](C)[C@@H](O[Si](C)(C)C(C)(C)C)C1. The third-order valence-corrected chi connectivity index (χ3v) is 9.48. The molecule has 0 radical (unpaired) electrons. The molecule has 0 bridgehead atoms. The maximum atomic E-state index is 12.1. The lowest BCUT2D eigenvalue weighted by molar-refractivity contribution is -0.129. The predicted molar refractivity (Wildman–Crippen MR) is 83.8 cm³/mol. The number of rotatable bonds is 3. The fourth-order valence-corrected chi connectivity index (χ4v) is 3.70. The monoisotopic (exact) mass is 282 g/mol. The van der Waals surface area contributed by atoms with Crippen molar-refractivity contribution in [2.24, 2.45) is 11.8 Å². The second kappa shape index (κ2) is 5.53. The molecule has 0 heterocycles. The molecule has 0 aromatic heterocycles. The van der Waals surface area contributed by atoms with Crippen LogP contribution in [0.25, 0.3) is 0 Å². The number of ketones is 1. The molecule has 3 atom stereocenters. The third kappa shape index (κ3) is 3.79. The van der Waals surface area contributed by atoms with E-state index in [2.05, 4.69) is 40.4 Å². The lowest BCUT2D eigenvalue weighted by Gasteiger charge is -2.43. The number of carbonyl (C=O) groups excluding carboxylic acids is 1. The van der Waals surface area contributed by atoms with Crippen molar-refractivity contribution in [3.8, 4) is 0 Å². The molecule has 0 N–H and O–H groups in total. The van der Waals surface area contributed by atoms with Gasteiger partial charge in [-0.25, -0.2) is 0 Å². The number of hydrogen-bond donors (Lipinski definition) is 0. The van der Waals surface area contributed by atoms with Crippen LogP contribution >= 0.6 is 0 Å². The van der Waals surface area contributed by atoms with Crippen molar-refractivity contribution in [3.63, 3.8) is 0 Å². The minimum atomic E-state index is -1.81. The van der Waals surface area contributed by atoms with Gasteiger partial charge in [-0.1, -0.05) is 39.8 Å². The predicted octanol–water partition coefficient (Wildman–Crippen LogP) is 4.57. The Morgan fingerprint density at radius 3 is 2.32 bits per heavy atom. The molecular weight excluding hydrogens is 252 g/mol. The van der Waals surface area contributed by atoms with Gasteiger partial charge in [0.15, 0.2) is 8.32 Å². The fraction of sp³-hybridized carbons (Fsp3) is 0.812. The summed E-state index contributed by atoms with van der Waals surface area (Å²) in [7, 11) is -1.81. The number of allylic oxidation sites excluding steroid dienone is 1. The van der Waals surface area contributed by atoms with Crippen molar-refractivity contribution in [1.29, 1.82) is 0 Å². The number of carbonyl (C=O) groups is 1. The Morgan fingerprint density at radius 2 is 1.89 bits per heavy atom. The van der Waals surface area contributed by atoms with Gasteiger partial charge in [0.25, 0.3) is 0 Å². The first-order valence-electron chi connectivity index (χ1n) is 7.31. The molecular formula is C16H30O2Si. The zero-order chi connectivity index (χ0) is 15.0. The Hall–Kier alpha value is -0.413. The molecule has 0 spiro atoms. The molecule has 1 aliphatic rings. The van der Waals surface area contributed by atoms with Gasteiger partial charge in [0.1, 0.15) is 5.78 Å². The summed E-state index contributed by atoms with van der Waals surface area (Å²) in [5.74, 6) is 0.672. The average Bonchev–Trinajstić information content (AvgIpc) is 2.22. The minimum Gasteiger partial charge on any atom is -0.413 e. The maximum Gasteiger partial charge on any atom is 0.192 e. The molecule has 3 heteroatoms. The highest BCUT2D eigenvalue weighted by molar-refractivity contribution is 6.74. The maximum absolute atomic E-state index is 12.1. The molecule has 1 aliphatic carbocycles. The normalized spacial score (nSPS) is 29.4. The van der Waals surface area contributed by atoms with Gasteiger partial charge in [0, 0.05) is 12.3 Å². The molecule has 0 amide bonds. The third-order valence-electron chi connectivity index (χ3n) is 4.98. The van der Waals surface area contributed by atoms with Crippen molar-refractivity contribution in [1.82, 2.24) is 0 Å².